The van der Waals surface area contributed by atoms with Crippen LogP contribution >= 0.6 is 11.8 Å². The van der Waals surface area contributed by atoms with E-state index in [-0.39, 0.29) is 5.91 Å². The molecule has 8 heteroatoms. The van der Waals surface area contributed by atoms with Crippen molar-refractivity contribution in [2.45, 2.75) is 0 Å². The van der Waals surface area contributed by atoms with Crippen molar-refractivity contribution in [2.24, 2.45) is 0 Å². The van der Waals surface area contributed by atoms with Crippen LogP contribution in [0, 0.1) is 0 Å². The van der Waals surface area contributed by atoms with E-state index in [0.29, 0.717) is 5.69 Å². The molecule has 1 amide bonds. The van der Waals surface area contributed by atoms with Gasteiger partial charge in [0, 0.05) is 73.3 Å². The van der Waals surface area contributed by atoms with Gasteiger partial charge in [-0.1, -0.05) is 30.3 Å². The van der Waals surface area contributed by atoms with E-state index in [0.717, 1.165) is 73.1 Å². The number of carbonyl (C=O) groups excluding carboxylic acids is 1. The maximum Gasteiger partial charge on any atom is 0.275 e. The number of fused-ring (bicyclic) bond motifs is 1. The fourth-order valence-electron chi connectivity index (χ4n) is 4.38. The highest BCUT2D eigenvalue weighted by atomic mass is 32.2. The number of nitrogens with zero attached hydrogens (tertiary/aromatic N) is 5. The average Bonchev–Trinajstić information content (AvgIpc) is 2.88. The molecule has 0 spiro atoms. The molecule has 1 aromatic heterocycles. The molecule has 0 bridgehead atoms. The lowest BCUT2D eigenvalue weighted by atomic mass is 10.1. The Labute approximate surface area is 192 Å². The summed E-state index contributed by atoms with van der Waals surface area (Å²) in [5.41, 5.74) is 1.63. The lowest BCUT2D eigenvalue weighted by Crippen LogP contribution is -2.47. The molecule has 0 aliphatic carbocycles. The van der Waals surface area contributed by atoms with Gasteiger partial charge < -0.3 is 19.4 Å². The Morgan fingerprint density at radius 1 is 0.875 bits per heavy atom. The van der Waals surface area contributed by atoms with Crippen molar-refractivity contribution >= 4 is 39.9 Å². The van der Waals surface area contributed by atoms with Crippen LogP contribution in [-0.4, -0.2) is 78.9 Å². The maximum atomic E-state index is 13.1. The fourth-order valence-corrected chi connectivity index (χ4v) is 5.28. The van der Waals surface area contributed by atoms with Crippen LogP contribution in [0.15, 0.2) is 48.5 Å². The molecule has 0 saturated carbocycles. The highest BCUT2D eigenvalue weighted by Crippen LogP contribution is 2.29. The second kappa shape index (κ2) is 9.24. The average molecular weight is 450 g/mol. The SMILES string of the molecule is COc1cccc(N2CCN(c3nnc(C(=O)N4CCSCC4)c4ccccc34)CC2)c1. The number of benzene rings is 2. The number of carbonyl (C=O) groups is 1. The molecule has 2 aliphatic heterocycles. The van der Waals surface area contributed by atoms with Gasteiger partial charge >= 0.3 is 0 Å². The Hall–Kier alpha value is -3.00. The quantitative estimate of drug-likeness (QED) is 0.606. The Morgan fingerprint density at radius 3 is 2.34 bits per heavy atom. The summed E-state index contributed by atoms with van der Waals surface area (Å²) in [7, 11) is 1.69. The van der Waals surface area contributed by atoms with Crippen molar-refractivity contribution in [1.82, 2.24) is 15.1 Å². The van der Waals surface area contributed by atoms with Gasteiger partial charge in [-0.15, -0.1) is 10.2 Å². The number of hydrogen-bond donors (Lipinski definition) is 0. The van der Waals surface area contributed by atoms with E-state index in [1.807, 2.05) is 47.0 Å². The van der Waals surface area contributed by atoms with Crippen molar-refractivity contribution in [1.29, 1.82) is 0 Å². The van der Waals surface area contributed by atoms with Crippen LogP contribution in [-0.2, 0) is 0 Å². The maximum absolute atomic E-state index is 13.1. The number of rotatable bonds is 4. The Bertz CT molecular complexity index is 1110. The summed E-state index contributed by atoms with van der Waals surface area (Å²) in [5.74, 6) is 3.67. The van der Waals surface area contributed by atoms with E-state index < -0.39 is 0 Å². The minimum Gasteiger partial charge on any atom is -0.497 e. The number of thioether (sulfide) groups is 1. The molecule has 3 aromatic rings. The van der Waals surface area contributed by atoms with Gasteiger partial charge in [0.05, 0.1) is 7.11 Å². The zero-order valence-electron chi connectivity index (χ0n) is 18.2. The van der Waals surface area contributed by atoms with Crippen LogP contribution in [0.3, 0.4) is 0 Å². The monoisotopic (exact) mass is 449 g/mol. The molecule has 2 saturated heterocycles. The molecule has 5 rings (SSSR count). The van der Waals surface area contributed by atoms with Gasteiger partial charge in [-0.25, -0.2) is 0 Å². The van der Waals surface area contributed by atoms with Gasteiger partial charge in [0.1, 0.15) is 5.75 Å². The molecule has 7 nitrogen and oxygen atoms in total. The van der Waals surface area contributed by atoms with Gasteiger partial charge in [-0.3, -0.25) is 4.79 Å². The molecule has 0 unspecified atom stereocenters. The molecule has 2 aromatic carbocycles. The number of aromatic nitrogens is 2. The molecule has 2 fully saturated rings. The van der Waals surface area contributed by atoms with Crippen LogP contribution in [0.5, 0.6) is 5.75 Å². The molecule has 3 heterocycles. The fraction of sp³-hybridized carbons (Fsp3) is 0.375. The molecule has 0 radical (unpaired) electrons. The van der Waals surface area contributed by atoms with E-state index in [1.165, 1.54) is 5.69 Å². The predicted molar refractivity (Wildman–Crippen MR) is 130 cm³/mol. The first-order chi connectivity index (χ1) is 15.7. The summed E-state index contributed by atoms with van der Waals surface area (Å²) in [5, 5.41) is 10.9. The summed E-state index contributed by atoms with van der Waals surface area (Å²) in [6, 6.07) is 16.2. The summed E-state index contributed by atoms with van der Waals surface area (Å²) in [6.07, 6.45) is 0. The largest absolute Gasteiger partial charge is 0.497 e. The van der Waals surface area contributed by atoms with E-state index >= 15 is 0 Å². The lowest BCUT2D eigenvalue weighted by Gasteiger charge is -2.37. The van der Waals surface area contributed by atoms with Crippen LogP contribution in [0.4, 0.5) is 11.5 Å². The molecule has 2 aliphatic rings. The van der Waals surface area contributed by atoms with Crippen molar-refractivity contribution in [2.75, 3.05) is 67.7 Å². The molecule has 32 heavy (non-hydrogen) atoms. The van der Waals surface area contributed by atoms with Crippen molar-refractivity contribution in [3.8, 4) is 5.75 Å². The second-order valence-electron chi connectivity index (χ2n) is 8.00. The number of methoxy groups -OCH3 is 1. The van der Waals surface area contributed by atoms with E-state index in [4.69, 9.17) is 4.74 Å². The number of ether oxygens (including phenoxy) is 1. The first-order valence-electron chi connectivity index (χ1n) is 11.0. The molecule has 0 atom stereocenters. The van der Waals surface area contributed by atoms with Gasteiger partial charge in [-0.2, -0.15) is 11.8 Å². The zero-order valence-corrected chi connectivity index (χ0v) is 19.1. The second-order valence-corrected chi connectivity index (χ2v) is 9.22. The van der Waals surface area contributed by atoms with Gasteiger partial charge in [0.2, 0.25) is 0 Å². The third-order valence-corrected chi connectivity index (χ3v) is 7.11. The topological polar surface area (TPSA) is 61.8 Å². The standard InChI is InChI=1S/C24H27N5O2S/c1-31-19-6-4-5-18(17-19)27-9-11-28(12-10-27)23-21-8-3-2-7-20(21)22(25-26-23)24(30)29-13-15-32-16-14-29/h2-8,17H,9-16H2,1H3. The van der Waals surface area contributed by atoms with Crippen molar-refractivity contribution in [3.63, 3.8) is 0 Å². The Morgan fingerprint density at radius 2 is 1.59 bits per heavy atom. The molecular formula is C24H27N5O2S. The van der Waals surface area contributed by atoms with E-state index in [1.54, 1.807) is 7.11 Å². The van der Waals surface area contributed by atoms with Crippen molar-refractivity contribution in [3.05, 3.63) is 54.2 Å². The smallest absolute Gasteiger partial charge is 0.275 e. The summed E-state index contributed by atoms with van der Waals surface area (Å²) in [6.45, 7) is 4.99. The number of amides is 1. The minimum absolute atomic E-state index is 0.0107. The molecule has 0 N–H and O–H groups in total. The summed E-state index contributed by atoms with van der Waals surface area (Å²) < 4.78 is 5.37. The van der Waals surface area contributed by atoms with Gasteiger partial charge in [-0.05, 0) is 12.1 Å². The van der Waals surface area contributed by atoms with Crippen LogP contribution in [0.2, 0.25) is 0 Å². The molecular weight excluding hydrogens is 422 g/mol. The Kier molecular flexibility index (Phi) is 6.03. The summed E-state index contributed by atoms with van der Waals surface area (Å²) >= 11 is 1.89. The van der Waals surface area contributed by atoms with Gasteiger partial charge in [0.15, 0.2) is 11.5 Å². The third kappa shape index (κ3) is 4.07. The first-order valence-corrected chi connectivity index (χ1v) is 12.2. The first kappa shape index (κ1) is 20.9. The lowest BCUT2D eigenvalue weighted by molar-refractivity contribution is 0.0767. The van der Waals surface area contributed by atoms with Crippen LogP contribution in [0.25, 0.3) is 10.8 Å². The Balaban J connectivity index is 1.38. The number of hydrogen-bond acceptors (Lipinski definition) is 7. The van der Waals surface area contributed by atoms with Crippen molar-refractivity contribution < 1.29 is 9.53 Å². The third-order valence-electron chi connectivity index (χ3n) is 6.17. The number of anilines is 2. The minimum atomic E-state index is -0.0107. The highest BCUT2D eigenvalue weighted by Gasteiger charge is 2.25. The highest BCUT2D eigenvalue weighted by molar-refractivity contribution is 7.99. The van der Waals surface area contributed by atoms with Crippen LogP contribution in [0.1, 0.15) is 10.5 Å². The van der Waals surface area contributed by atoms with Crippen LogP contribution < -0.4 is 14.5 Å². The summed E-state index contributed by atoms with van der Waals surface area (Å²) in [4.78, 5) is 19.7. The normalized spacial score (nSPS) is 17.0. The number of piperazine rings is 1. The van der Waals surface area contributed by atoms with E-state index in [9.17, 15) is 4.79 Å². The van der Waals surface area contributed by atoms with E-state index in [2.05, 4.69) is 38.2 Å². The molecule has 166 valence electrons. The van der Waals surface area contributed by atoms with Gasteiger partial charge in [0.25, 0.3) is 5.91 Å². The zero-order chi connectivity index (χ0) is 21.9. The predicted octanol–water partition coefficient (Wildman–Crippen LogP) is 3.15.